The van der Waals surface area contributed by atoms with Gasteiger partial charge in [0.2, 0.25) is 15.9 Å². The summed E-state index contributed by atoms with van der Waals surface area (Å²) in [6.07, 6.45) is 9.07. The van der Waals surface area contributed by atoms with Crippen molar-refractivity contribution in [3.05, 3.63) is 101 Å². The molecule has 6 atom stereocenters. The Balaban J connectivity index is 1.16. The van der Waals surface area contributed by atoms with Crippen molar-refractivity contribution in [3.8, 4) is 5.75 Å². The van der Waals surface area contributed by atoms with Crippen molar-refractivity contribution in [1.82, 2.24) is 19.8 Å². The Labute approximate surface area is 397 Å². The topological polar surface area (TPSA) is 155 Å². The zero-order chi connectivity index (χ0) is 47.1. The highest BCUT2D eigenvalue weighted by Gasteiger charge is 2.48. The molecule has 0 spiro atoms. The lowest BCUT2D eigenvalue weighted by Gasteiger charge is -2.51. The molecule has 4 aliphatic rings. The molecule has 0 radical (unpaired) electrons. The van der Waals surface area contributed by atoms with Gasteiger partial charge in [0.05, 0.1) is 28.2 Å². The largest absolute Gasteiger partial charge is 0.491 e. The molecule has 3 aromatic rings. The van der Waals surface area contributed by atoms with Gasteiger partial charge in [-0.3, -0.25) is 14.5 Å². The summed E-state index contributed by atoms with van der Waals surface area (Å²) < 4.78 is 69.2. The maximum Gasteiger partial charge on any atom is 0.264 e. The van der Waals surface area contributed by atoms with E-state index in [1.807, 2.05) is 13.0 Å². The molecule has 2 amide bonds. The molecular weight excluding hydrogens is 898 g/mol. The summed E-state index contributed by atoms with van der Waals surface area (Å²) in [7, 11) is -5.86. The van der Waals surface area contributed by atoms with Crippen LogP contribution >= 0.6 is 11.6 Å². The number of benzene rings is 3. The first-order valence-corrected chi connectivity index (χ1v) is 27.3. The van der Waals surface area contributed by atoms with Gasteiger partial charge in [0.15, 0.2) is 9.84 Å². The molecule has 360 valence electrons. The van der Waals surface area contributed by atoms with Crippen LogP contribution in [0.4, 0.5) is 5.69 Å². The highest BCUT2D eigenvalue weighted by molar-refractivity contribution is 7.91. The summed E-state index contributed by atoms with van der Waals surface area (Å²) in [5, 5.41) is 3.35. The number of hydrogen-bond acceptors (Lipinski definition) is 11. The van der Waals surface area contributed by atoms with E-state index in [2.05, 4.69) is 51.0 Å². The third kappa shape index (κ3) is 11.8. The fourth-order valence-corrected chi connectivity index (χ4v) is 12.9. The number of carbonyl (C=O) groups is 2. The lowest BCUT2D eigenvalue weighted by atomic mass is 9.63. The monoisotopic (exact) mass is 965 g/mol. The van der Waals surface area contributed by atoms with E-state index in [4.69, 9.17) is 21.1 Å². The number of ether oxygens (including phenoxy) is 2. The second kappa shape index (κ2) is 22.0. The molecule has 3 aliphatic heterocycles. The second-order valence-electron chi connectivity index (χ2n) is 18.7. The Morgan fingerprint density at radius 2 is 1.77 bits per heavy atom. The number of hydrogen-bond donors (Lipinski definition) is 2. The number of methoxy groups -OCH3 is 1. The zero-order valence-electron chi connectivity index (χ0n) is 38.9. The number of allylic oxidation sites excluding steroid dienone is 1. The Hall–Kier alpha value is -3.99. The van der Waals surface area contributed by atoms with E-state index in [0.29, 0.717) is 82.6 Å². The Bertz CT molecular complexity index is 2420. The number of nitrogens with one attached hydrogen (secondary N) is 2. The standard InChI is InChI=1S/C50H68ClN5O8S2/c1-5-11-38-30-42(51)17-18-44(38)41-33-56-32-40-15-19-45(40)50(63-4,22-9-12-36(2)37(3)66(61,62)53-49(58)39-16-20-47(64-34-41)46(56)31-39)35-54-25-10-26-55(28-24-52-23-27-54)48(57)21-29-65(59,60)43-13-7-6-8-14-43/h6-9,13-14,16-18,20,22,30-31,36-37,40-41,45,52H,5,10-12,15,19,21,23-29,32-35H2,1-4H3,(H,53,58)/b22-9+/t36-,37+,40-,41-,45+,50+/m0/s1. The van der Waals surface area contributed by atoms with Crippen LogP contribution in [0.2, 0.25) is 5.02 Å². The highest BCUT2D eigenvalue weighted by atomic mass is 35.5. The Morgan fingerprint density at radius 1 is 0.985 bits per heavy atom. The summed E-state index contributed by atoms with van der Waals surface area (Å²) in [6.45, 7) is 11.7. The van der Waals surface area contributed by atoms with Crippen molar-refractivity contribution in [2.75, 3.05) is 83.3 Å². The first-order valence-electron chi connectivity index (χ1n) is 23.7. The maximum atomic E-state index is 13.8. The number of halogens is 1. The lowest BCUT2D eigenvalue weighted by Crippen LogP contribution is -2.57. The lowest BCUT2D eigenvalue weighted by molar-refractivity contribution is -0.131. The molecule has 2 bridgehead atoms. The van der Waals surface area contributed by atoms with Crippen molar-refractivity contribution in [3.63, 3.8) is 0 Å². The number of sulfonamides is 1. The van der Waals surface area contributed by atoms with Gasteiger partial charge in [-0.2, -0.15) is 0 Å². The molecule has 66 heavy (non-hydrogen) atoms. The van der Waals surface area contributed by atoms with Gasteiger partial charge in [-0.1, -0.05) is 68.3 Å². The van der Waals surface area contributed by atoms with Crippen LogP contribution in [0.25, 0.3) is 0 Å². The normalized spacial score (nSPS) is 27.3. The Kier molecular flexibility index (Phi) is 16.6. The van der Waals surface area contributed by atoms with Gasteiger partial charge >= 0.3 is 0 Å². The number of anilines is 1. The molecule has 2 fully saturated rings. The van der Waals surface area contributed by atoms with E-state index in [-0.39, 0.29) is 52.2 Å². The van der Waals surface area contributed by atoms with Crippen molar-refractivity contribution in [2.24, 2.45) is 17.8 Å². The fraction of sp³-hybridized carbons (Fsp3) is 0.560. The maximum absolute atomic E-state index is 13.8. The number of sulfone groups is 1. The van der Waals surface area contributed by atoms with Crippen LogP contribution < -0.4 is 19.7 Å². The minimum absolute atomic E-state index is 0.00586. The predicted molar refractivity (Wildman–Crippen MR) is 261 cm³/mol. The molecule has 1 saturated carbocycles. The molecule has 1 aliphatic carbocycles. The third-order valence-corrected chi connectivity index (χ3v) is 18.3. The van der Waals surface area contributed by atoms with Crippen molar-refractivity contribution in [2.45, 2.75) is 87.4 Å². The first-order chi connectivity index (χ1) is 31.6. The van der Waals surface area contributed by atoms with Gasteiger partial charge in [0.25, 0.3) is 5.91 Å². The second-order valence-corrected chi connectivity index (χ2v) is 23.3. The van der Waals surface area contributed by atoms with Gasteiger partial charge in [-0.15, -0.1) is 0 Å². The van der Waals surface area contributed by atoms with Crippen LogP contribution in [-0.4, -0.2) is 128 Å². The summed E-state index contributed by atoms with van der Waals surface area (Å²) in [5.41, 5.74) is 2.65. The molecule has 0 unspecified atom stereocenters. The van der Waals surface area contributed by atoms with Crippen LogP contribution in [0, 0.1) is 17.8 Å². The quantitative estimate of drug-likeness (QED) is 0.208. The summed E-state index contributed by atoms with van der Waals surface area (Å²) in [4.78, 5) is 34.0. The minimum Gasteiger partial charge on any atom is -0.491 e. The van der Waals surface area contributed by atoms with Gasteiger partial charge in [0, 0.05) is 88.9 Å². The summed E-state index contributed by atoms with van der Waals surface area (Å²) >= 11 is 6.53. The van der Waals surface area contributed by atoms with Gasteiger partial charge in [0.1, 0.15) is 11.4 Å². The van der Waals surface area contributed by atoms with Crippen LogP contribution in [-0.2, 0) is 35.8 Å². The fourth-order valence-electron chi connectivity index (χ4n) is 10.2. The average molecular weight is 967 g/mol. The average Bonchev–Trinajstić information content (AvgIpc) is 3.47. The zero-order valence-corrected chi connectivity index (χ0v) is 41.3. The number of nitrogens with zero attached hydrogens (tertiary/aromatic N) is 3. The summed E-state index contributed by atoms with van der Waals surface area (Å²) in [5.74, 6) is -0.433. The number of amides is 2. The van der Waals surface area contributed by atoms with Crippen molar-refractivity contribution >= 4 is 49.0 Å². The number of fused-ring (bicyclic) bond motifs is 2. The van der Waals surface area contributed by atoms with Crippen LogP contribution in [0.1, 0.15) is 86.7 Å². The SMILES string of the molecule is CCCc1cc(Cl)ccc1[C@@H]1COc2ccc3cc2N(C1)C[C@@H]1CC[C@H]1[C@@](CN1CCCN(C(=O)CCS(=O)(=O)c2ccccc2)CCNCC1)(OC)/C=C/C[C@H](C)[C@@H](C)S(=O)(=O)NC3=O. The van der Waals surface area contributed by atoms with Gasteiger partial charge in [-0.25, -0.2) is 21.6 Å². The number of carbonyl (C=O) groups excluding carboxylic acids is 2. The first kappa shape index (κ1) is 49.9. The van der Waals surface area contributed by atoms with E-state index >= 15 is 0 Å². The molecule has 13 nitrogen and oxygen atoms in total. The smallest absolute Gasteiger partial charge is 0.264 e. The Morgan fingerprint density at radius 3 is 2.52 bits per heavy atom. The third-order valence-electron chi connectivity index (χ3n) is 14.4. The molecule has 16 heteroatoms. The molecule has 2 N–H and O–H groups in total. The van der Waals surface area contributed by atoms with Gasteiger partial charge < -0.3 is 24.6 Å². The van der Waals surface area contributed by atoms with E-state index in [1.165, 1.54) is 11.1 Å². The molecular formula is C50H68ClN5O8S2. The van der Waals surface area contributed by atoms with E-state index in [9.17, 15) is 26.4 Å². The van der Waals surface area contributed by atoms with E-state index in [1.54, 1.807) is 67.5 Å². The number of aryl methyl sites for hydroxylation is 1. The molecule has 3 heterocycles. The van der Waals surface area contributed by atoms with E-state index in [0.717, 1.165) is 37.9 Å². The number of rotatable bonds is 10. The van der Waals surface area contributed by atoms with Gasteiger partial charge in [-0.05, 0) is 110 Å². The van der Waals surface area contributed by atoms with E-state index < -0.39 is 36.6 Å². The predicted octanol–water partition coefficient (Wildman–Crippen LogP) is 6.72. The van der Waals surface area contributed by atoms with Crippen molar-refractivity contribution in [1.29, 1.82) is 0 Å². The van der Waals surface area contributed by atoms with Crippen LogP contribution in [0.3, 0.4) is 0 Å². The van der Waals surface area contributed by atoms with Crippen LogP contribution in [0.5, 0.6) is 5.75 Å². The van der Waals surface area contributed by atoms with Crippen molar-refractivity contribution < 1.29 is 35.9 Å². The molecule has 1 saturated heterocycles. The van der Waals surface area contributed by atoms with Crippen LogP contribution in [0.15, 0.2) is 83.8 Å². The minimum atomic E-state index is -4.04. The molecule has 7 rings (SSSR count). The summed E-state index contributed by atoms with van der Waals surface area (Å²) in [6, 6.07) is 19.6. The molecule has 3 aromatic carbocycles. The molecule has 0 aromatic heterocycles. The highest BCUT2D eigenvalue weighted by Crippen LogP contribution is 2.47.